The molecule has 0 fully saturated rings. The summed E-state index contributed by atoms with van der Waals surface area (Å²) < 4.78 is 4.76. The van der Waals surface area contributed by atoms with Crippen molar-refractivity contribution in [2.75, 3.05) is 7.11 Å². The highest BCUT2D eigenvalue weighted by Crippen LogP contribution is 2.41. The van der Waals surface area contributed by atoms with Crippen LogP contribution in [-0.2, 0) is 0 Å². The van der Waals surface area contributed by atoms with Gasteiger partial charge in [0.05, 0.1) is 18.1 Å². The molecule has 2 N–H and O–H groups in total. The largest absolute Gasteiger partial charge is 0.504 e. The Morgan fingerprint density at radius 3 is 2.50 bits per heavy atom. The van der Waals surface area contributed by atoms with Crippen LogP contribution in [-0.4, -0.2) is 22.2 Å². The predicted molar refractivity (Wildman–Crippen MR) is 47.7 cm³/mol. The minimum absolute atomic E-state index is 0.0353. The Balaban J connectivity index is 3.47. The van der Waals surface area contributed by atoms with E-state index in [2.05, 4.69) is 0 Å². The molecule has 1 rings (SSSR count). The third kappa shape index (κ3) is 1.41. The first-order valence-electron chi connectivity index (χ1n) is 3.73. The van der Waals surface area contributed by atoms with Gasteiger partial charge in [-0.05, 0) is 6.92 Å². The topological polar surface area (TPSA) is 92.8 Å². The van der Waals surface area contributed by atoms with Crippen LogP contribution >= 0.6 is 0 Å². The summed E-state index contributed by atoms with van der Waals surface area (Å²) in [5.41, 5.74) is -0.403. The van der Waals surface area contributed by atoms with Crippen molar-refractivity contribution in [3.8, 4) is 17.2 Å². The highest BCUT2D eigenvalue weighted by atomic mass is 16.6. The molecule has 6 heteroatoms. The number of benzene rings is 1. The van der Waals surface area contributed by atoms with Gasteiger partial charge in [0, 0.05) is 5.56 Å². The first-order chi connectivity index (χ1) is 6.49. The summed E-state index contributed by atoms with van der Waals surface area (Å²) in [5, 5.41) is 29.1. The van der Waals surface area contributed by atoms with E-state index in [4.69, 9.17) is 4.74 Å². The quantitative estimate of drug-likeness (QED) is 0.425. The van der Waals surface area contributed by atoms with Crippen molar-refractivity contribution < 1.29 is 19.9 Å². The van der Waals surface area contributed by atoms with Gasteiger partial charge in [-0.1, -0.05) is 0 Å². The zero-order valence-electron chi connectivity index (χ0n) is 7.64. The number of hydrogen-bond acceptors (Lipinski definition) is 5. The number of ether oxygens (including phenoxy) is 1. The molecule has 0 spiro atoms. The van der Waals surface area contributed by atoms with Gasteiger partial charge in [0.15, 0.2) is 11.5 Å². The molecule has 0 saturated heterocycles. The molecule has 0 aliphatic heterocycles. The summed E-state index contributed by atoms with van der Waals surface area (Å²) in [5.74, 6) is -0.827. The van der Waals surface area contributed by atoms with E-state index < -0.39 is 16.4 Å². The average molecular weight is 199 g/mol. The Morgan fingerprint density at radius 1 is 1.50 bits per heavy atom. The summed E-state index contributed by atoms with van der Waals surface area (Å²) in [7, 11) is 1.30. The van der Waals surface area contributed by atoms with Crippen LogP contribution in [0.1, 0.15) is 5.56 Å². The van der Waals surface area contributed by atoms with E-state index in [1.54, 1.807) is 0 Å². The van der Waals surface area contributed by atoms with Crippen molar-refractivity contribution in [1.82, 2.24) is 0 Å². The Bertz CT molecular complexity index is 388. The molecule has 6 nitrogen and oxygen atoms in total. The van der Waals surface area contributed by atoms with Crippen LogP contribution in [0, 0.1) is 17.0 Å². The van der Waals surface area contributed by atoms with Crippen molar-refractivity contribution in [3.63, 3.8) is 0 Å². The lowest BCUT2D eigenvalue weighted by molar-refractivity contribution is -0.386. The van der Waals surface area contributed by atoms with Crippen molar-refractivity contribution >= 4 is 5.69 Å². The molecule has 0 radical (unpaired) electrons. The maximum atomic E-state index is 10.4. The molecule has 0 bridgehead atoms. The van der Waals surface area contributed by atoms with E-state index in [1.807, 2.05) is 0 Å². The van der Waals surface area contributed by atoms with Crippen LogP contribution in [0.15, 0.2) is 6.07 Å². The van der Waals surface area contributed by atoms with Crippen LogP contribution in [0.2, 0.25) is 0 Å². The summed E-state index contributed by atoms with van der Waals surface area (Å²) >= 11 is 0. The number of rotatable bonds is 2. The molecule has 76 valence electrons. The molecule has 0 aromatic heterocycles. The molecular formula is C8H9NO5. The predicted octanol–water partition coefficient (Wildman–Crippen LogP) is 1.32. The molecule has 14 heavy (non-hydrogen) atoms. The van der Waals surface area contributed by atoms with E-state index in [-0.39, 0.29) is 17.1 Å². The van der Waals surface area contributed by atoms with Gasteiger partial charge in [-0.15, -0.1) is 0 Å². The molecule has 0 saturated carbocycles. The van der Waals surface area contributed by atoms with Crippen molar-refractivity contribution in [2.24, 2.45) is 0 Å². The van der Waals surface area contributed by atoms with E-state index in [9.17, 15) is 20.3 Å². The van der Waals surface area contributed by atoms with Crippen LogP contribution in [0.25, 0.3) is 0 Å². The number of phenolic OH excluding ortho intramolecular Hbond substituents is 2. The van der Waals surface area contributed by atoms with Gasteiger partial charge in [-0.3, -0.25) is 10.1 Å². The molecular weight excluding hydrogens is 190 g/mol. The van der Waals surface area contributed by atoms with Crippen molar-refractivity contribution in [1.29, 1.82) is 0 Å². The number of nitrogens with zero attached hydrogens (tertiary/aromatic N) is 1. The fourth-order valence-electron chi connectivity index (χ4n) is 1.15. The second-order valence-electron chi connectivity index (χ2n) is 2.68. The number of methoxy groups -OCH3 is 1. The molecule has 0 heterocycles. The minimum atomic E-state index is -0.776. The van der Waals surface area contributed by atoms with Crippen molar-refractivity contribution in [2.45, 2.75) is 6.92 Å². The third-order valence-electron chi connectivity index (χ3n) is 1.85. The Kier molecular flexibility index (Phi) is 2.46. The van der Waals surface area contributed by atoms with E-state index in [0.29, 0.717) is 0 Å². The van der Waals surface area contributed by atoms with Gasteiger partial charge in [0.25, 0.3) is 0 Å². The van der Waals surface area contributed by atoms with Crippen LogP contribution < -0.4 is 4.74 Å². The average Bonchev–Trinajstić information content (AvgIpc) is 2.12. The van der Waals surface area contributed by atoms with Gasteiger partial charge in [-0.2, -0.15) is 0 Å². The molecule has 0 atom stereocenters. The van der Waals surface area contributed by atoms with Crippen LogP contribution in [0.5, 0.6) is 17.2 Å². The minimum Gasteiger partial charge on any atom is -0.504 e. The SMILES string of the molecule is COc1c(O)cc([N+](=O)[O-])c(O)c1C. The maximum Gasteiger partial charge on any atom is 0.314 e. The Morgan fingerprint density at radius 2 is 2.07 bits per heavy atom. The monoisotopic (exact) mass is 199 g/mol. The van der Waals surface area contributed by atoms with E-state index in [1.165, 1.54) is 14.0 Å². The van der Waals surface area contributed by atoms with Crippen LogP contribution in [0.4, 0.5) is 5.69 Å². The fraction of sp³-hybridized carbons (Fsp3) is 0.250. The summed E-state index contributed by atoms with van der Waals surface area (Å²) in [6, 6.07) is 0.848. The number of nitro groups is 1. The summed E-state index contributed by atoms with van der Waals surface area (Å²) in [6.45, 7) is 1.42. The molecule has 0 unspecified atom stereocenters. The van der Waals surface area contributed by atoms with Gasteiger partial charge in [-0.25, -0.2) is 0 Å². The lowest BCUT2D eigenvalue weighted by Crippen LogP contribution is -1.94. The van der Waals surface area contributed by atoms with Gasteiger partial charge >= 0.3 is 5.69 Å². The second-order valence-corrected chi connectivity index (χ2v) is 2.68. The first-order valence-corrected chi connectivity index (χ1v) is 3.73. The lowest BCUT2D eigenvalue weighted by atomic mass is 10.1. The van der Waals surface area contributed by atoms with Gasteiger partial charge in [0.1, 0.15) is 0 Å². The number of aromatic hydroxyl groups is 2. The normalized spacial score (nSPS) is 9.86. The smallest absolute Gasteiger partial charge is 0.314 e. The lowest BCUT2D eigenvalue weighted by Gasteiger charge is -2.08. The third-order valence-corrected chi connectivity index (χ3v) is 1.85. The van der Waals surface area contributed by atoms with Gasteiger partial charge < -0.3 is 14.9 Å². The molecule has 1 aromatic rings. The highest BCUT2D eigenvalue weighted by Gasteiger charge is 2.22. The Hall–Kier alpha value is -1.98. The number of phenols is 2. The number of nitro benzene ring substituents is 1. The summed E-state index contributed by atoms with van der Waals surface area (Å²) in [6.07, 6.45) is 0. The second kappa shape index (κ2) is 3.41. The van der Waals surface area contributed by atoms with Gasteiger partial charge in [0.2, 0.25) is 5.75 Å². The Labute approximate surface area is 79.5 Å². The first kappa shape index (κ1) is 10.1. The molecule has 0 aliphatic rings. The maximum absolute atomic E-state index is 10.4. The highest BCUT2D eigenvalue weighted by molar-refractivity contribution is 5.62. The zero-order chi connectivity index (χ0) is 10.9. The standard InChI is InChI=1S/C8H9NO5/c1-4-7(11)5(9(12)13)3-6(10)8(4)14-2/h3,10-11H,1-2H3. The zero-order valence-corrected chi connectivity index (χ0v) is 7.64. The number of hydrogen-bond donors (Lipinski definition) is 2. The van der Waals surface area contributed by atoms with E-state index >= 15 is 0 Å². The fourth-order valence-corrected chi connectivity index (χ4v) is 1.15. The van der Waals surface area contributed by atoms with Crippen LogP contribution in [0.3, 0.4) is 0 Å². The molecule has 1 aromatic carbocycles. The summed E-state index contributed by atoms with van der Waals surface area (Å²) in [4.78, 5) is 9.64. The molecule has 0 aliphatic carbocycles. The van der Waals surface area contributed by atoms with E-state index in [0.717, 1.165) is 6.07 Å². The van der Waals surface area contributed by atoms with Crippen molar-refractivity contribution in [3.05, 3.63) is 21.7 Å². The molecule has 0 amide bonds.